The largest absolute Gasteiger partial charge is 0.388 e. The standard InChI is InChI=1S/C5H5Cl3O/c1-2-3-4(9)5(6,7)8/h1,4,9H,3H2. The minimum absolute atomic E-state index is 0.0521. The van der Waals surface area contributed by atoms with Crippen molar-refractivity contribution in [1.29, 1.82) is 0 Å². The highest BCUT2D eigenvalue weighted by molar-refractivity contribution is 6.68. The molecule has 0 aliphatic rings. The fourth-order valence-electron chi connectivity index (χ4n) is 0.227. The second-order valence-electron chi connectivity index (χ2n) is 1.47. The molecule has 0 saturated heterocycles. The molecule has 0 saturated carbocycles. The van der Waals surface area contributed by atoms with Gasteiger partial charge in [-0.1, -0.05) is 34.8 Å². The lowest BCUT2D eigenvalue weighted by Crippen LogP contribution is -2.24. The molecule has 1 N–H and O–H groups in total. The van der Waals surface area contributed by atoms with Crippen LogP contribution in [0.4, 0.5) is 0 Å². The second kappa shape index (κ2) is 3.53. The SMILES string of the molecule is C#CCC(O)C(Cl)(Cl)Cl. The Balaban J connectivity index is 3.76. The van der Waals surface area contributed by atoms with Gasteiger partial charge in [-0.05, 0) is 0 Å². The van der Waals surface area contributed by atoms with Crippen molar-refractivity contribution in [3.63, 3.8) is 0 Å². The summed E-state index contributed by atoms with van der Waals surface area (Å²) in [6.45, 7) is 0. The van der Waals surface area contributed by atoms with Gasteiger partial charge in [-0.2, -0.15) is 0 Å². The Morgan fingerprint density at radius 1 is 1.56 bits per heavy atom. The van der Waals surface area contributed by atoms with E-state index in [0.29, 0.717) is 0 Å². The number of hydrogen-bond donors (Lipinski definition) is 1. The summed E-state index contributed by atoms with van der Waals surface area (Å²) in [5.74, 6) is 2.17. The van der Waals surface area contributed by atoms with Crippen LogP contribution >= 0.6 is 34.8 Å². The number of rotatable bonds is 1. The fraction of sp³-hybridized carbons (Fsp3) is 0.600. The van der Waals surface area contributed by atoms with Crippen LogP contribution < -0.4 is 0 Å². The monoisotopic (exact) mass is 186 g/mol. The minimum atomic E-state index is -1.66. The van der Waals surface area contributed by atoms with Crippen molar-refractivity contribution in [2.45, 2.75) is 16.3 Å². The molecule has 0 spiro atoms. The highest BCUT2D eigenvalue weighted by atomic mass is 35.6. The molecule has 52 valence electrons. The number of halogens is 3. The molecule has 0 bridgehead atoms. The van der Waals surface area contributed by atoms with Crippen LogP contribution in [0.1, 0.15) is 6.42 Å². The molecular formula is C5H5Cl3O. The van der Waals surface area contributed by atoms with Crippen LogP contribution in [0.25, 0.3) is 0 Å². The van der Waals surface area contributed by atoms with Crippen LogP contribution in [-0.4, -0.2) is 15.0 Å². The van der Waals surface area contributed by atoms with E-state index in [0.717, 1.165) is 0 Å². The quantitative estimate of drug-likeness (QED) is 0.490. The van der Waals surface area contributed by atoms with Gasteiger partial charge in [-0.15, -0.1) is 12.3 Å². The van der Waals surface area contributed by atoms with E-state index in [1.807, 2.05) is 0 Å². The summed E-state index contributed by atoms with van der Waals surface area (Å²) in [6.07, 6.45) is 3.82. The van der Waals surface area contributed by atoms with Crippen molar-refractivity contribution >= 4 is 34.8 Å². The average molecular weight is 187 g/mol. The topological polar surface area (TPSA) is 20.2 Å². The van der Waals surface area contributed by atoms with Crippen LogP contribution in [0.5, 0.6) is 0 Å². The normalized spacial score (nSPS) is 14.6. The van der Waals surface area contributed by atoms with Crippen LogP contribution in [0.2, 0.25) is 0 Å². The second-order valence-corrected chi connectivity index (χ2v) is 3.83. The van der Waals surface area contributed by atoms with Crippen molar-refractivity contribution in [1.82, 2.24) is 0 Å². The van der Waals surface area contributed by atoms with Gasteiger partial charge in [0.2, 0.25) is 3.79 Å². The minimum Gasteiger partial charge on any atom is -0.388 e. The molecule has 0 rings (SSSR count). The zero-order valence-corrected chi connectivity index (χ0v) is 6.71. The predicted molar refractivity (Wildman–Crippen MR) is 39.7 cm³/mol. The Bertz CT molecular complexity index is 121. The Kier molecular flexibility index (Phi) is 3.68. The first-order valence-corrected chi connectivity index (χ1v) is 3.30. The van der Waals surface area contributed by atoms with Crippen LogP contribution in [0.15, 0.2) is 0 Å². The van der Waals surface area contributed by atoms with Crippen molar-refractivity contribution < 1.29 is 5.11 Å². The maximum absolute atomic E-state index is 8.85. The van der Waals surface area contributed by atoms with E-state index in [1.165, 1.54) is 0 Å². The summed E-state index contributed by atoms with van der Waals surface area (Å²) < 4.78 is -1.66. The first kappa shape index (κ1) is 9.39. The lowest BCUT2D eigenvalue weighted by atomic mass is 10.3. The van der Waals surface area contributed by atoms with Crippen LogP contribution in [0, 0.1) is 12.3 Å². The summed E-state index contributed by atoms with van der Waals surface area (Å²) in [6, 6.07) is 0. The zero-order valence-electron chi connectivity index (χ0n) is 4.44. The molecule has 0 aliphatic carbocycles. The summed E-state index contributed by atoms with van der Waals surface area (Å²) in [5.41, 5.74) is 0. The van der Waals surface area contributed by atoms with Gasteiger partial charge in [-0.25, -0.2) is 0 Å². The molecule has 0 fully saturated rings. The van der Waals surface area contributed by atoms with E-state index < -0.39 is 9.90 Å². The molecule has 1 atom stereocenters. The first-order valence-electron chi connectivity index (χ1n) is 2.16. The molecule has 1 unspecified atom stereocenters. The van der Waals surface area contributed by atoms with Crippen LogP contribution in [0.3, 0.4) is 0 Å². The summed E-state index contributed by atoms with van der Waals surface area (Å²) >= 11 is 15.7. The Morgan fingerprint density at radius 3 is 2.11 bits per heavy atom. The molecule has 0 aliphatic heterocycles. The van der Waals surface area contributed by atoms with E-state index in [4.69, 9.17) is 46.3 Å². The number of aliphatic hydroxyl groups is 1. The molecule has 0 radical (unpaired) electrons. The fourth-order valence-corrected chi connectivity index (χ4v) is 0.459. The number of aliphatic hydroxyl groups excluding tert-OH is 1. The highest BCUT2D eigenvalue weighted by Crippen LogP contribution is 2.31. The summed E-state index contributed by atoms with van der Waals surface area (Å²) in [4.78, 5) is 0. The van der Waals surface area contributed by atoms with Gasteiger partial charge < -0.3 is 5.11 Å². The van der Waals surface area contributed by atoms with E-state index >= 15 is 0 Å². The van der Waals surface area contributed by atoms with Gasteiger partial charge in [0.25, 0.3) is 0 Å². The lowest BCUT2D eigenvalue weighted by Gasteiger charge is -2.15. The third-order valence-corrected chi connectivity index (χ3v) is 1.44. The van der Waals surface area contributed by atoms with Crippen molar-refractivity contribution in [2.75, 3.05) is 0 Å². The molecule has 1 nitrogen and oxygen atoms in total. The molecular weight excluding hydrogens is 182 g/mol. The maximum Gasteiger partial charge on any atom is 0.216 e. The van der Waals surface area contributed by atoms with Crippen molar-refractivity contribution in [3.8, 4) is 12.3 Å². The van der Waals surface area contributed by atoms with Gasteiger partial charge in [-0.3, -0.25) is 0 Å². The number of hydrogen-bond acceptors (Lipinski definition) is 1. The third-order valence-electron chi connectivity index (χ3n) is 0.689. The van der Waals surface area contributed by atoms with E-state index in [-0.39, 0.29) is 6.42 Å². The molecule has 4 heteroatoms. The molecule has 0 aromatic carbocycles. The van der Waals surface area contributed by atoms with Crippen molar-refractivity contribution in [3.05, 3.63) is 0 Å². The van der Waals surface area contributed by atoms with Crippen molar-refractivity contribution in [2.24, 2.45) is 0 Å². The zero-order chi connectivity index (χ0) is 7.49. The highest BCUT2D eigenvalue weighted by Gasteiger charge is 2.29. The molecule has 0 aromatic heterocycles. The number of terminal acetylenes is 1. The lowest BCUT2D eigenvalue weighted by molar-refractivity contribution is 0.184. The molecule has 0 heterocycles. The third kappa shape index (κ3) is 3.89. The van der Waals surface area contributed by atoms with Gasteiger partial charge in [0, 0.05) is 6.42 Å². The Labute approximate surface area is 68.9 Å². The number of alkyl halides is 3. The predicted octanol–water partition coefficient (Wildman–Crippen LogP) is 1.74. The smallest absolute Gasteiger partial charge is 0.216 e. The summed E-state index contributed by atoms with van der Waals surface area (Å²) in [5, 5.41) is 8.85. The van der Waals surface area contributed by atoms with Gasteiger partial charge in [0.15, 0.2) is 0 Å². The van der Waals surface area contributed by atoms with Crippen LogP contribution in [-0.2, 0) is 0 Å². The van der Waals surface area contributed by atoms with E-state index in [1.54, 1.807) is 0 Å². The molecule has 0 amide bonds. The first-order chi connectivity index (χ1) is 3.98. The molecule has 9 heavy (non-hydrogen) atoms. The van der Waals surface area contributed by atoms with Gasteiger partial charge >= 0.3 is 0 Å². The molecule has 0 aromatic rings. The summed E-state index contributed by atoms with van der Waals surface area (Å²) in [7, 11) is 0. The Morgan fingerprint density at radius 2 is 2.00 bits per heavy atom. The van der Waals surface area contributed by atoms with Gasteiger partial charge in [0.05, 0.1) is 0 Å². The Hall–Kier alpha value is 0.390. The van der Waals surface area contributed by atoms with Gasteiger partial charge in [0.1, 0.15) is 6.10 Å². The van der Waals surface area contributed by atoms with E-state index in [9.17, 15) is 0 Å². The average Bonchev–Trinajstić information content (AvgIpc) is 1.64. The van der Waals surface area contributed by atoms with E-state index in [2.05, 4.69) is 5.92 Å². The maximum atomic E-state index is 8.85.